The molecule has 3 aromatic carbocycles. The number of nitrogens with zero attached hydrogens (tertiary/aromatic N) is 3. The average molecular weight is 563 g/mol. The molecule has 0 aliphatic heterocycles. The molecule has 0 saturated carbocycles. The number of carbonyl (C=O) groups is 2. The SMILES string of the molecule is CCCCCN(CC(=O)Nc1cc(-c2ccccc2)nn1-c1ccc(F)cc1)C(=O)c1ccc(Br)cc1. The molecule has 37 heavy (non-hydrogen) atoms. The van der Waals surface area contributed by atoms with Gasteiger partial charge in [-0.05, 0) is 55.0 Å². The lowest BCUT2D eigenvalue weighted by molar-refractivity contribution is -0.117. The largest absolute Gasteiger partial charge is 0.329 e. The maximum absolute atomic E-state index is 13.6. The Bertz CT molecular complexity index is 1340. The van der Waals surface area contributed by atoms with E-state index in [0.29, 0.717) is 29.3 Å². The number of amides is 2. The summed E-state index contributed by atoms with van der Waals surface area (Å²) in [6.45, 7) is 2.46. The first-order chi connectivity index (χ1) is 17.9. The Balaban J connectivity index is 1.58. The number of nitrogens with one attached hydrogen (secondary N) is 1. The molecule has 0 radical (unpaired) electrons. The van der Waals surface area contributed by atoms with Gasteiger partial charge in [-0.15, -0.1) is 0 Å². The molecule has 0 spiro atoms. The van der Waals surface area contributed by atoms with Crippen LogP contribution < -0.4 is 5.32 Å². The van der Waals surface area contributed by atoms with E-state index in [9.17, 15) is 14.0 Å². The Morgan fingerprint density at radius 2 is 1.68 bits per heavy atom. The monoisotopic (exact) mass is 562 g/mol. The molecule has 1 aromatic heterocycles. The number of halogens is 2. The van der Waals surface area contributed by atoms with Crippen LogP contribution in [0.4, 0.5) is 10.2 Å². The number of aromatic nitrogens is 2. The fourth-order valence-corrected chi connectivity index (χ4v) is 4.20. The van der Waals surface area contributed by atoms with Crippen LogP contribution in [-0.2, 0) is 4.79 Å². The first-order valence-electron chi connectivity index (χ1n) is 12.2. The zero-order valence-electron chi connectivity index (χ0n) is 20.5. The lowest BCUT2D eigenvalue weighted by atomic mass is 10.1. The van der Waals surface area contributed by atoms with Crippen molar-refractivity contribution < 1.29 is 14.0 Å². The number of rotatable bonds is 10. The average Bonchev–Trinajstić information content (AvgIpc) is 3.32. The fraction of sp³-hybridized carbons (Fsp3) is 0.207. The molecule has 0 aliphatic rings. The van der Waals surface area contributed by atoms with Gasteiger partial charge in [-0.25, -0.2) is 9.07 Å². The summed E-state index contributed by atoms with van der Waals surface area (Å²) in [7, 11) is 0. The number of carbonyl (C=O) groups excluding carboxylic acids is 2. The number of benzene rings is 3. The van der Waals surface area contributed by atoms with E-state index < -0.39 is 0 Å². The Morgan fingerprint density at radius 1 is 0.973 bits per heavy atom. The van der Waals surface area contributed by atoms with Gasteiger partial charge in [0.05, 0.1) is 11.4 Å². The molecule has 190 valence electrons. The molecule has 0 aliphatic carbocycles. The fourth-order valence-electron chi connectivity index (χ4n) is 3.94. The van der Waals surface area contributed by atoms with Gasteiger partial charge in [0.25, 0.3) is 5.91 Å². The van der Waals surface area contributed by atoms with E-state index in [4.69, 9.17) is 0 Å². The van der Waals surface area contributed by atoms with E-state index in [1.165, 1.54) is 12.1 Å². The molecule has 8 heteroatoms. The third kappa shape index (κ3) is 6.92. The molecule has 2 amide bonds. The lowest BCUT2D eigenvalue weighted by Gasteiger charge is -2.22. The maximum atomic E-state index is 13.6. The Morgan fingerprint density at radius 3 is 2.35 bits per heavy atom. The summed E-state index contributed by atoms with van der Waals surface area (Å²) in [6, 6.07) is 24.3. The van der Waals surface area contributed by atoms with Crippen LogP contribution in [0, 0.1) is 5.82 Å². The van der Waals surface area contributed by atoms with Gasteiger partial charge >= 0.3 is 0 Å². The van der Waals surface area contributed by atoms with E-state index >= 15 is 0 Å². The first kappa shape index (κ1) is 26.3. The van der Waals surface area contributed by atoms with Gasteiger partial charge in [0.2, 0.25) is 5.91 Å². The summed E-state index contributed by atoms with van der Waals surface area (Å²) in [5, 5.41) is 7.58. The molecule has 0 unspecified atom stereocenters. The van der Waals surface area contributed by atoms with Gasteiger partial charge in [0.1, 0.15) is 18.2 Å². The standard InChI is InChI=1S/C29H28BrFN4O2/c1-2-3-7-18-34(29(37)22-10-12-23(30)13-11-22)20-28(36)32-27-19-26(21-8-5-4-6-9-21)33-35(27)25-16-14-24(31)15-17-25/h4-6,8-17,19H,2-3,7,18,20H2,1H3,(H,32,36). The zero-order chi connectivity index (χ0) is 26.2. The molecule has 4 aromatic rings. The quantitative estimate of drug-likeness (QED) is 0.218. The van der Waals surface area contributed by atoms with Crippen molar-refractivity contribution in [3.8, 4) is 16.9 Å². The summed E-state index contributed by atoms with van der Waals surface area (Å²) in [5.74, 6) is -0.473. The number of anilines is 1. The van der Waals surface area contributed by atoms with Crippen LogP contribution in [0.5, 0.6) is 0 Å². The molecule has 0 atom stereocenters. The third-order valence-corrected chi connectivity index (χ3v) is 6.39. The van der Waals surface area contributed by atoms with Gasteiger partial charge < -0.3 is 10.2 Å². The van der Waals surface area contributed by atoms with Crippen molar-refractivity contribution in [1.29, 1.82) is 0 Å². The van der Waals surface area contributed by atoms with Crippen molar-refractivity contribution in [1.82, 2.24) is 14.7 Å². The smallest absolute Gasteiger partial charge is 0.254 e. The second-order valence-corrected chi connectivity index (χ2v) is 9.57. The van der Waals surface area contributed by atoms with Crippen LogP contribution in [0.2, 0.25) is 0 Å². The zero-order valence-corrected chi connectivity index (χ0v) is 22.1. The normalized spacial score (nSPS) is 10.8. The minimum Gasteiger partial charge on any atom is -0.329 e. The second-order valence-electron chi connectivity index (χ2n) is 8.66. The van der Waals surface area contributed by atoms with Crippen LogP contribution in [0.1, 0.15) is 36.5 Å². The molecule has 0 saturated heterocycles. The Hall–Kier alpha value is -3.78. The molecule has 1 heterocycles. The van der Waals surface area contributed by atoms with Crippen molar-refractivity contribution >= 4 is 33.6 Å². The second kappa shape index (κ2) is 12.5. The first-order valence-corrected chi connectivity index (χ1v) is 13.0. The van der Waals surface area contributed by atoms with Crippen LogP contribution in [0.15, 0.2) is 89.4 Å². The predicted octanol–water partition coefficient (Wildman–Crippen LogP) is 6.71. The summed E-state index contributed by atoms with van der Waals surface area (Å²) < 4.78 is 16.0. The van der Waals surface area contributed by atoms with E-state index in [0.717, 1.165) is 29.3 Å². The van der Waals surface area contributed by atoms with Gasteiger partial charge in [-0.2, -0.15) is 5.10 Å². The highest BCUT2D eigenvalue weighted by Crippen LogP contribution is 2.25. The van der Waals surface area contributed by atoms with Crippen molar-refractivity contribution in [2.45, 2.75) is 26.2 Å². The lowest BCUT2D eigenvalue weighted by Crippen LogP contribution is -2.39. The summed E-state index contributed by atoms with van der Waals surface area (Å²) in [5.41, 5.74) is 2.66. The number of unbranched alkanes of at least 4 members (excludes halogenated alkanes) is 2. The van der Waals surface area contributed by atoms with Crippen molar-refractivity contribution in [2.75, 3.05) is 18.4 Å². The molecule has 1 N–H and O–H groups in total. The number of hydrogen-bond acceptors (Lipinski definition) is 3. The topological polar surface area (TPSA) is 67.2 Å². The summed E-state index contributed by atoms with van der Waals surface area (Å²) in [4.78, 5) is 28.0. The van der Waals surface area contributed by atoms with E-state index in [1.807, 2.05) is 42.5 Å². The van der Waals surface area contributed by atoms with E-state index in [-0.39, 0.29) is 24.2 Å². The predicted molar refractivity (Wildman–Crippen MR) is 147 cm³/mol. The van der Waals surface area contributed by atoms with Gasteiger partial charge in [-0.1, -0.05) is 66.0 Å². The van der Waals surface area contributed by atoms with Crippen LogP contribution >= 0.6 is 15.9 Å². The van der Waals surface area contributed by atoms with Crippen LogP contribution in [0.25, 0.3) is 16.9 Å². The minimum atomic E-state index is -0.362. The molecule has 0 fully saturated rings. The Labute approximate surface area is 224 Å². The maximum Gasteiger partial charge on any atom is 0.254 e. The third-order valence-electron chi connectivity index (χ3n) is 5.86. The van der Waals surface area contributed by atoms with Gasteiger partial charge in [0.15, 0.2) is 0 Å². The van der Waals surface area contributed by atoms with Gasteiger partial charge in [0, 0.05) is 28.2 Å². The highest BCUT2D eigenvalue weighted by Gasteiger charge is 2.20. The van der Waals surface area contributed by atoms with Crippen LogP contribution in [-0.4, -0.2) is 39.6 Å². The Kier molecular flexibility index (Phi) is 8.85. The van der Waals surface area contributed by atoms with Crippen LogP contribution in [0.3, 0.4) is 0 Å². The van der Waals surface area contributed by atoms with Crippen molar-refractivity contribution in [3.05, 3.63) is 101 Å². The molecule has 6 nitrogen and oxygen atoms in total. The van der Waals surface area contributed by atoms with E-state index in [2.05, 4.69) is 33.3 Å². The summed E-state index contributed by atoms with van der Waals surface area (Å²) in [6.07, 6.45) is 2.77. The van der Waals surface area contributed by atoms with Gasteiger partial charge in [-0.3, -0.25) is 9.59 Å². The van der Waals surface area contributed by atoms with Crippen molar-refractivity contribution in [2.24, 2.45) is 0 Å². The molecular weight excluding hydrogens is 535 g/mol. The number of hydrogen-bond donors (Lipinski definition) is 1. The highest BCUT2D eigenvalue weighted by atomic mass is 79.9. The van der Waals surface area contributed by atoms with E-state index in [1.54, 1.807) is 39.9 Å². The molecule has 4 rings (SSSR count). The highest BCUT2D eigenvalue weighted by molar-refractivity contribution is 9.10. The van der Waals surface area contributed by atoms with Crippen molar-refractivity contribution in [3.63, 3.8) is 0 Å². The summed E-state index contributed by atoms with van der Waals surface area (Å²) >= 11 is 3.39. The minimum absolute atomic E-state index is 0.103. The molecule has 0 bridgehead atoms. The molecular formula is C29H28BrFN4O2.